The number of aryl methyl sites for hydroxylation is 1. The van der Waals surface area contributed by atoms with Gasteiger partial charge in [0.15, 0.2) is 0 Å². The fourth-order valence-corrected chi connectivity index (χ4v) is 1.66. The molecule has 1 aromatic heterocycles. The van der Waals surface area contributed by atoms with Crippen LogP contribution in [0.3, 0.4) is 0 Å². The molecule has 4 nitrogen and oxygen atoms in total. The monoisotopic (exact) mass is 232 g/mol. The van der Waals surface area contributed by atoms with Crippen molar-refractivity contribution in [1.82, 2.24) is 9.94 Å². The molecule has 0 spiro atoms. The van der Waals surface area contributed by atoms with Crippen LogP contribution in [0.25, 0.3) is 11.3 Å². The Morgan fingerprint density at radius 1 is 1.29 bits per heavy atom. The highest BCUT2D eigenvalue weighted by Crippen LogP contribution is 2.25. The van der Waals surface area contributed by atoms with Gasteiger partial charge in [-0.25, -0.2) is 0 Å². The van der Waals surface area contributed by atoms with Crippen LogP contribution < -0.4 is 4.74 Å². The highest BCUT2D eigenvalue weighted by atomic mass is 16.5. The lowest BCUT2D eigenvalue weighted by Crippen LogP contribution is -2.06. The number of ether oxygens (including phenoxy) is 1. The summed E-state index contributed by atoms with van der Waals surface area (Å²) in [7, 11) is 0. The van der Waals surface area contributed by atoms with Crippen LogP contribution in [0.1, 0.15) is 19.4 Å². The Morgan fingerprint density at radius 2 is 2.06 bits per heavy atom. The molecule has 0 radical (unpaired) electrons. The molecule has 0 unspecified atom stereocenters. The molecule has 2 aromatic rings. The van der Waals surface area contributed by atoms with Crippen molar-refractivity contribution < 1.29 is 9.94 Å². The van der Waals surface area contributed by atoms with Gasteiger partial charge in [0.05, 0.1) is 18.0 Å². The summed E-state index contributed by atoms with van der Waals surface area (Å²) in [5.41, 5.74) is 2.77. The van der Waals surface area contributed by atoms with Crippen molar-refractivity contribution in [2.75, 3.05) is 0 Å². The molecule has 0 aliphatic carbocycles. The van der Waals surface area contributed by atoms with Crippen LogP contribution in [0.15, 0.2) is 30.5 Å². The molecule has 0 atom stereocenters. The van der Waals surface area contributed by atoms with Crippen molar-refractivity contribution in [2.24, 2.45) is 0 Å². The van der Waals surface area contributed by atoms with Crippen LogP contribution in [-0.2, 0) is 0 Å². The van der Waals surface area contributed by atoms with E-state index in [1.165, 1.54) is 6.20 Å². The fraction of sp³-hybridized carbons (Fsp3) is 0.308. The first kappa shape index (κ1) is 11.5. The third kappa shape index (κ3) is 2.58. The first-order valence-electron chi connectivity index (χ1n) is 5.59. The van der Waals surface area contributed by atoms with E-state index in [4.69, 9.17) is 9.94 Å². The summed E-state index contributed by atoms with van der Waals surface area (Å²) >= 11 is 0. The molecule has 2 rings (SSSR count). The largest absolute Gasteiger partial charge is 0.491 e. The molecule has 17 heavy (non-hydrogen) atoms. The van der Waals surface area contributed by atoms with Crippen molar-refractivity contribution in [3.63, 3.8) is 0 Å². The lowest BCUT2D eigenvalue weighted by molar-refractivity contribution is 0.149. The zero-order valence-electron chi connectivity index (χ0n) is 10.2. The highest BCUT2D eigenvalue weighted by Gasteiger charge is 2.06. The molecule has 0 amide bonds. The number of benzene rings is 1. The van der Waals surface area contributed by atoms with Gasteiger partial charge in [-0.2, -0.15) is 0 Å². The Kier molecular flexibility index (Phi) is 3.04. The minimum absolute atomic E-state index is 0.163. The van der Waals surface area contributed by atoms with Gasteiger partial charge in [0, 0.05) is 5.56 Å². The predicted molar refractivity (Wildman–Crippen MR) is 65.3 cm³/mol. The lowest BCUT2D eigenvalue weighted by atomic mass is 10.1. The van der Waals surface area contributed by atoms with Gasteiger partial charge in [-0.05, 0) is 50.6 Å². The van der Waals surface area contributed by atoms with E-state index in [9.17, 15) is 0 Å². The minimum atomic E-state index is 0.163. The molecule has 1 heterocycles. The average molecular weight is 232 g/mol. The number of rotatable bonds is 3. The van der Waals surface area contributed by atoms with Crippen LogP contribution in [0.2, 0.25) is 0 Å². The minimum Gasteiger partial charge on any atom is -0.491 e. The van der Waals surface area contributed by atoms with Crippen molar-refractivity contribution in [3.05, 3.63) is 36.0 Å². The summed E-state index contributed by atoms with van der Waals surface area (Å²) in [6.45, 7) is 6.00. The van der Waals surface area contributed by atoms with E-state index in [1.807, 2.05) is 39.0 Å². The third-order valence-electron chi connectivity index (χ3n) is 2.41. The van der Waals surface area contributed by atoms with E-state index in [0.29, 0.717) is 0 Å². The number of nitrogens with zero attached hydrogens (tertiary/aromatic N) is 2. The SMILES string of the molecule is Cc1cc(-c2ccn(O)n2)ccc1OC(C)C. The molecular weight excluding hydrogens is 216 g/mol. The molecule has 0 saturated heterocycles. The van der Waals surface area contributed by atoms with E-state index < -0.39 is 0 Å². The van der Waals surface area contributed by atoms with Gasteiger partial charge in [-0.15, -0.1) is 9.94 Å². The summed E-state index contributed by atoms with van der Waals surface area (Å²) < 4.78 is 5.67. The normalized spacial score (nSPS) is 10.8. The number of aromatic nitrogens is 2. The van der Waals surface area contributed by atoms with Crippen molar-refractivity contribution >= 4 is 0 Å². The van der Waals surface area contributed by atoms with Gasteiger partial charge in [0.2, 0.25) is 0 Å². The fourth-order valence-electron chi connectivity index (χ4n) is 1.66. The second kappa shape index (κ2) is 4.49. The van der Waals surface area contributed by atoms with Gasteiger partial charge in [0.1, 0.15) is 5.75 Å². The first-order chi connectivity index (χ1) is 8.06. The molecule has 0 fully saturated rings. The zero-order chi connectivity index (χ0) is 12.4. The maximum absolute atomic E-state index is 9.14. The Bertz CT molecular complexity index is 518. The molecule has 1 N–H and O–H groups in total. The average Bonchev–Trinajstić information content (AvgIpc) is 2.67. The maximum Gasteiger partial charge on any atom is 0.122 e. The maximum atomic E-state index is 9.14. The summed E-state index contributed by atoms with van der Waals surface area (Å²) in [5, 5.41) is 13.1. The quantitative estimate of drug-likeness (QED) is 0.828. The van der Waals surface area contributed by atoms with Gasteiger partial charge < -0.3 is 9.94 Å². The smallest absolute Gasteiger partial charge is 0.122 e. The standard InChI is InChI=1S/C13H16N2O2/c1-9(2)17-13-5-4-11(8-10(13)3)12-6-7-15(16)14-12/h4-9,16H,1-3H3. The van der Waals surface area contributed by atoms with Crippen LogP contribution in [-0.4, -0.2) is 21.3 Å². The molecule has 4 heteroatoms. The molecule has 0 saturated carbocycles. The molecule has 0 aliphatic rings. The second-order valence-electron chi connectivity index (χ2n) is 4.27. The summed E-state index contributed by atoms with van der Waals surface area (Å²) in [6, 6.07) is 7.63. The van der Waals surface area contributed by atoms with Crippen molar-refractivity contribution in [3.8, 4) is 17.0 Å². The van der Waals surface area contributed by atoms with E-state index in [0.717, 1.165) is 27.4 Å². The molecule has 90 valence electrons. The van der Waals surface area contributed by atoms with E-state index >= 15 is 0 Å². The van der Waals surface area contributed by atoms with E-state index in [1.54, 1.807) is 6.07 Å². The zero-order valence-corrected chi connectivity index (χ0v) is 10.2. The highest BCUT2D eigenvalue weighted by molar-refractivity contribution is 5.61. The number of hydrogen-bond acceptors (Lipinski definition) is 3. The molecule has 1 aromatic carbocycles. The Hall–Kier alpha value is -1.97. The van der Waals surface area contributed by atoms with Crippen LogP contribution >= 0.6 is 0 Å². The van der Waals surface area contributed by atoms with Gasteiger partial charge >= 0.3 is 0 Å². The molecule has 0 aliphatic heterocycles. The van der Waals surface area contributed by atoms with E-state index in [-0.39, 0.29) is 6.10 Å². The predicted octanol–water partition coefficient (Wildman–Crippen LogP) is 2.88. The second-order valence-corrected chi connectivity index (χ2v) is 4.27. The van der Waals surface area contributed by atoms with E-state index in [2.05, 4.69) is 5.10 Å². The topological polar surface area (TPSA) is 47.3 Å². The molecule has 0 bridgehead atoms. The summed E-state index contributed by atoms with van der Waals surface area (Å²) in [4.78, 5) is 0.809. The van der Waals surface area contributed by atoms with Gasteiger partial charge in [0.25, 0.3) is 0 Å². The van der Waals surface area contributed by atoms with Crippen LogP contribution in [0.4, 0.5) is 0 Å². The van der Waals surface area contributed by atoms with Crippen LogP contribution in [0, 0.1) is 6.92 Å². The first-order valence-corrected chi connectivity index (χ1v) is 5.59. The Morgan fingerprint density at radius 3 is 2.59 bits per heavy atom. The Labute approximate surface area is 100 Å². The van der Waals surface area contributed by atoms with Gasteiger partial charge in [-0.3, -0.25) is 0 Å². The van der Waals surface area contributed by atoms with Crippen LogP contribution in [0.5, 0.6) is 5.75 Å². The van der Waals surface area contributed by atoms with Gasteiger partial charge in [-0.1, -0.05) is 0 Å². The lowest BCUT2D eigenvalue weighted by Gasteiger charge is -2.12. The Balaban J connectivity index is 2.30. The summed E-state index contributed by atoms with van der Waals surface area (Å²) in [6.07, 6.45) is 1.67. The van der Waals surface area contributed by atoms with Crippen molar-refractivity contribution in [2.45, 2.75) is 26.9 Å². The third-order valence-corrected chi connectivity index (χ3v) is 2.41. The summed E-state index contributed by atoms with van der Waals surface area (Å²) in [5.74, 6) is 0.882. The molecular formula is C13H16N2O2. The van der Waals surface area contributed by atoms with Crippen molar-refractivity contribution in [1.29, 1.82) is 0 Å². The number of hydrogen-bond donors (Lipinski definition) is 1.